The molecule has 162 valence electrons. The van der Waals surface area contributed by atoms with Crippen molar-refractivity contribution in [2.75, 3.05) is 30.4 Å². The third-order valence-corrected chi connectivity index (χ3v) is 5.09. The van der Waals surface area contributed by atoms with Crippen molar-refractivity contribution in [3.8, 4) is 0 Å². The molecule has 30 heavy (non-hydrogen) atoms. The molecular weight excluding hydrogens is 398 g/mol. The number of aryl methyl sites for hydroxylation is 2. The third-order valence-electron chi connectivity index (χ3n) is 4.54. The minimum absolute atomic E-state index is 0.0966. The summed E-state index contributed by atoms with van der Waals surface area (Å²) >= 11 is 1.44. The Hall–Kier alpha value is -2.35. The lowest BCUT2D eigenvalue weighted by Crippen LogP contribution is -2.37. The van der Waals surface area contributed by atoms with Gasteiger partial charge in [0, 0.05) is 24.3 Å². The van der Waals surface area contributed by atoms with E-state index in [-0.39, 0.29) is 11.8 Å². The smallest absolute Gasteiger partial charge is 0.251 e. The third kappa shape index (κ3) is 8.98. The SMILES string of the molecule is CSCC(=O)Nc1cccc(C(=O)NCCNC(O)CCCc2ccc(C)cc2)c1. The lowest BCUT2D eigenvalue weighted by molar-refractivity contribution is -0.113. The highest BCUT2D eigenvalue weighted by Gasteiger charge is 2.08. The van der Waals surface area contributed by atoms with E-state index in [4.69, 9.17) is 0 Å². The van der Waals surface area contributed by atoms with Gasteiger partial charge < -0.3 is 15.7 Å². The maximum atomic E-state index is 12.3. The van der Waals surface area contributed by atoms with Crippen LogP contribution in [0, 0.1) is 6.92 Å². The lowest BCUT2D eigenvalue weighted by Gasteiger charge is -2.13. The van der Waals surface area contributed by atoms with Gasteiger partial charge in [0.25, 0.3) is 5.91 Å². The van der Waals surface area contributed by atoms with Gasteiger partial charge >= 0.3 is 0 Å². The van der Waals surface area contributed by atoms with E-state index in [0.717, 1.165) is 12.8 Å². The average molecular weight is 430 g/mol. The molecule has 0 saturated heterocycles. The van der Waals surface area contributed by atoms with Crippen LogP contribution in [0.25, 0.3) is 0 Å². The number of hydrogen-bond acceptors (Lipinski definition) is 5. The number of anilines is 1. The summed E-state index contributed by atoms with van der Waals surface area (Å²) in [6.07, 6.45) is 3.73. The Labute approximate surface area is 182 Å². The summed E-state index contributed by atoms with van der Waals surface area (Å²) in [5, 5.41) is 18.7. The van der Waals surface area contributed by atoms with E-state index in [1.807, 2.05) is 6.26 Å². The number of aliphatic hydroxyl groups is 1. The summed E-state index contributed by atoms with van der Waals surface area (Å²) in [6, 6.07) is 15.3. The van der Waals surface area contributed by atoms with Crippen LogP contribution in [0.4, 0.5) is 5.69 Å². The van der Waals surface area contributed by atoms with Crippen LogP contribution in [0.3, 0.4) is 0 Å². The maximum absolute atomic E-state index is 12.3. The molecule has 7 heteroatoms. The number of hydrogen-bond donors (Lipinski definition) is 4. The van der Waals surface area contributed by atoms with Crippen LogP contribution in [0.5, 0.6) is 0 Å². The number of carbonyl (C=O) groups excluding carboxylic acids is 2. The molecule has 1 atom stereocenters. The van der Waals surface area contributed by atoms with Gasteiger partial charge in [0.05, 0.1) is 5.75 Å². The Morgan fingerprint density at radius 2 is 1.87 bits per heavy atom. The van der Waals surface area contributed by atoms with Crippen molar-refractivity contribution >= 4 is 29.3 Å². The summed E-state index contributed by atoms with van der Waals surface area (Å²) in [5.41, 5.74) is 3.60. The number of thioether (sulfide) groups is 1. The minimum Gasteiger partial charge on any atom is -0.379 e. The summed E-state index contributed by atoms with van der Waals surface area (Å²) in [7, 11) is 0. The van der Waals surface area contributed by atoms with Gasteiger partial charge in [0.15, 0.2) is 0 Å². The summed E-state index contributed by atoms with van der Waals surface area (Å²) in [4.78, 5) is 24.0. The van der Waals surface area contributed by atoms with Crippen LogP contribution in [-0.4, -0.2) is 48.2 Å². The van der Waals surface area contributed by atoms with Crippen molar-refractivity contribution in [2.24, 2.45) is 0 Å². The van der Waals surface area contributed by atoms with Crippen LogP contribution in [0.15, 0.2) is 48.5 Å². The molecule has 0 radical (unpaired) electrons. The van der Waals surface area contributed by atoms with Gasteiger partial charge in [-0.05, 0) is 56.2 Å². The Kier molecular flexibility index (Phi) is 10.4. The molecule has 4 N–H and O–H groups in total. The molecule has 0 fully saturated rings. The predicted octanol–water partition coefficient (Wildman–Crippen LogP) is 2.96. The highest BCUT2D eigenvalue weighted by molar-refractivity contribution is 7.99. The van der Waals surface area contributed by atoms with Crippen molar-refractivity contribution in [3.05, 3.63) is 65.2 Å². The number of aliphatic hydroxyl groups excluding tert-OH is 1. The second-order valence-corrected chi connectivity index (χ2v) is 8.03. The highest BCUT2D eigenvalue weighted by atomic mass is 32.2. The fraction of sp³-hybridized carbons (Fsp3) is 0.391. The number of nitrogens with one attached hydrogen (secondary N) is 3. The summed E-state index contributed by atoms with van der Waals surface area (Å²) in [6.45, 7) is 2.94. The van der Waals surface area contributed by atoms with E-state index in [2.05, 4.69) is 47.1 Å². The second-order valence-electron chi connectivity index (χ2n) is 7.17. The Morgan fingerprint density at radius 3 is 2.60 bits per heavy atom. The number of rotatable bonds is 12. The highest BCUT2D eigenvalue weighted by Crippen LogP contribution is 2.11. The van der Waals surface area contributed by atoms with Crippen LogP contribution >= 0.6 is 11.8 Å². The van der Waals surface area contributed by atoms with Gasteiger partial charge in [0.1, 0.15) is 6.23 Å². The molecule has 0 aliphatic carbocycles. The van der Waals surface area contributed by atoms with E-state index < -0.39 is 6.23 Å². The normalized spacial score (nSPS) is 11.7. The molecule has 2 aromatic rings. The fourth-order valence-corrected chi connectivity index (χ4v) is 3.27. The predicted molar refractivity (Wildman–Crippen MR) is 124 cm³/mol. The standard InChI is InChI=1S/C23H31N3O3S/c1-17-9-11-18(12-10-17)5-3-8-21(27)24-13-14-25-23(29)19-6-4-7-20(15-19)26-22(28)16-30-2/h4,6-7,9-12,15,21,24,27H,3,5,8,13-14,16H2,1-2H3,(H,25,29)(H,26,28). The summed E-state index contributed by atoms with van der Waals surface area (Å²) in [5.74, 6) is 0.0577. The van der Waals surface area contributed by atoms with Gasteiger partial charge in [-0.1, -0.05) is 35.9 Å². The average Bonchev–Trinajstić information content (AvgIpc) is 2.73. The first kappa shape index (κ1) is 23.9. The Morgan fingerprint density at radius 1 is 1.10 bits per heavy atom. The van der Waals surface area contributed by atoms with E-state index >= 15 is 0 Å². The van der Waals surface area contributed by atoms with Gasteiger partial charge in [-0.25, -0.2) is 0 Å². The summed E-state index contributed by atoms with van der Waals surface area (Å²) < 4.78 is 0. The van der Waals surface area contributed by atoms with Crippen molar-refractivity contribution in [3.63, 3.8) is 0 Å². The van der Waals surface area contributed by atoms with Crippen LogP contribution < -0.4 is 16.0 Å². The first-order valence-electron chi connectivity index (χ1n) is 10.1. The molecule has 2 amide bonds. The van der Waals surface area contributed by atoms with Crippen LogP contribution in [0.2, 0.25) is 0 Å². The Balaban J connectivity index is 1.64. The van der Waals surface area contributed by atoms with E-state index in [0.29, 0.717) is 36.5 Å². The maximum Gasteiger partial charge on any atom is 0.251 e. The van der Waals surface area contributed by atoms with Crippen molar-refractivity contribution in [1.82, 2.24) is 10.6 Å². The monoisotopic (exact) mass is 429 g/mol. The van der Waals surface area contributed by atoms with E-state index in [1.54, 1.807) is 24.3 Å². The van der Waals surface area contributed by atoms with E-state index in [1.165, 1.54) is 22.9 Å². The fourth-order valence-electron chi connectivity index (χ4n) is 2.94. The molecule has 1 unspecified atom stereocenters. The lowest BCUT2D eigenvalue weighted by atomic mass is 10.1. The molecule has 6 nitrogen and oxygen atoms in total. The Bertz CT molecular complexity index is 812. The largest absolute Gasteiger partial charge is 0.379 e. The second kappa shape index (κ2) is 13.1. The number of amides is 2. The van der Waals surface area contributed by atoms with Gasteiger partial charge in [-0.3, -0.25) is 14.9 Å². The van der Waals surface area contributed by atoms with Crippen molar-refractivity contribution < 1.29 is 14.7 Å². The number of carbonyl (C=O) groups is 2. The zero-order valence-electron chi connectivity index (χ0n) is 17.6. The zero-order chi connectivity index (χ0) is 21.8. The molecule has 2 aromatic carbocycles. The van der Waals surface area contributed by atoms with Crippen molar-refractivity contribution in [1.29, 1.82) is 0 Å². The molecule has 2 rings (SSSR count). The van der Waals surface area contributed by atoms with Crippen LogP contribution in [-0.2, 0) is 11.2 Å². The molecule has 0 spiro atoms. The minimum atomic E-state index is -0.595. The zero-order valence-corrected chi connectivity index (χ0v) is 18.4. The quantitative estimate of drug-likeness (QED) is 0.308. The topological polar surface area (TPSA) is 90.5 Å². The first-order valence-corrected chi connectivity index (χ1v) is 11.5. The first-order chi connectivity index (χ1) is 14.5. The van der Waals surface area contributed by atoms with Crippen LogP contribution in [0.1, 0.15) is 34.3 Å². The molecule has 0 saturated carbocycles. The molecule has 0 aromatic heterocycles. The molecule has 0 aliphatic rings. The molecule has 0 bridgehead atoms. The number of benzene rings is 2. The molecule has 0 aliphatic heterocycles. The van der Waals surface area contributed by atoms with Gasteiger partial charge in [-0.15, -0.1) is 0 Å². The molecular formula is C23H31N3O3S. The molecule has 0 heterocycles. The van der Waals surface area contributed by atoms with Crippen molar-refractivity contribution in [2.45, 2.75) is 32.4 Å². The van der Waals surface area contributed by atoms with Gasteiger partial charge in [0.2, 0.25) is 5.91 Å². The van der Waals surface area contributed by atoms with Gasteiger partial charge in [-0.2, -0.15) is 11.8 Å². The van der Waals surface area contributed by atoms with E-state index in [9.17, 15) is 14.7 Å².